The van der Waals surface area contributed by atoms with Gasteiger partial charge in [0.1, 0.15) is 0 Å². The van der Waals surface area contributed by atoms with E-state index >= 15 is 0 Å². The molecule has 0 atom stereocenters. The first-order valence-electron chi connectivity index (χ1n) is 6.41. The molecule has 0 fully saturated rings. The molecule has 0 saturated carbocycles. The van der Waals surface area contributed by atoms with Crippen molar-refractivity contribution >= 4 is 11.7 Å². The van der Waals surface area contributed by atoms with Crippen molar-refractivity contribution in [3.05, 3.63) is 53.6 Å². The molecule has 0 bridgehead atoms. The number of fused-ring (bicyclic) bond motifs is 3. The largest absolute Gasteiger partial charge is 0.481 e. The molecule has 0 aromatic heterocycles. The molecule has 0 aliphatic heterocycles. The molecule has 0 radical (unpaired) electrons. The summed E-state index contributed by atoms with van der Waals surface area (Å²) >= 11 is 0. The number of rotatable bonds is 4. The van der Waals surface area contributed by atoms with E-state index in [9.17, 15) is 4.79 Å². The van der Waals surface area contributed by atoms with Crippen molar-refractivity contribution in [2.45, 2.75) is 12.8 Å². The monoisotopic (exact) mass is 253 g/mol. The molecule has 0 spiro atoms. The highest BCUT2D eigenvalue weighted by molar-refractivity contribution is 5.78. The summed E-state index contributed by atoms with van der Waals surface area (Å²) in [5, 5.41) is 11.8. The molecule has 1 aliphatic carbocycles. The first-order chi connectivity index (χ1) is 9.24. The smallest absolute Gasteiger partial charge is 0.305 e. The number of hydrogen-bond donors (Lipinski definition) is 2. The molecule has 0 heterocycles. The van der Waals surface area contributed by atoms with E-state index in [0.717, 1.165) is 12.1 Å². The fraction of sp³-hybridized carbons (Fsp3) is 0.188. The molecule has 3 nitrogen and oxygen atoms in total. The summed E-state index contributed by atoms with van der Waals surface area (Å²) in [4.78, 5) is 10.5. The maximum atomic E-state index is 10.5. The molecule has 0 saturated heterocycles. The third-order valence-corrected chi connectivity index (χ3v) is 3.46. The highest BCUT2D eigenvalue weighted by Gasteiger charge is 2.17. The first-order valence-corrected chi connectivity index (χ1v) is 6.41. The Bertz CT molecular complexity index is 634. The number of benzene rings is 2. The van der Waals surface area contributed by atoms with Gasteiger partial charge in [0.15, 0.2) is 0 Å². The molecular weight excluding hydrogens is 238 g/mol. The van der Waals surface area contributed by atoms with Gasteiger partial charge in [0.25, 0.3) is 0 Å². The van der Waals surface area contributed by atoms with Gasteiger partial charge in [0.05, 0.1) is 6.42 Å². The third kappa shape index (κ3) is 2.32. The molecule has 2 aromatic carbocycles. The summed E-state index contributed by atoms with van der Waals surface area (Å²) in [6, 6.07) is 14.7. The maximum absolute atomic E-state index is 10.5. The summed E-state index contributed by atoms with van der Waals surface area (Å²) in [5.41, 5.74) is 6.27. The van der Waals surface area contributed by atoms with Gasteiger partial charge >= 0.3 is 5.97 Å². The number of nitrogens with one attached hydrogen (secondary N) is 1. The second kappa shape index (κ2) is 4.76. The van der Waals surface area contributed by atoms with Gasteiger partial charge < -0.3 is 10.4 Å². The van der Waals surface area contributed by atoms with E-state index in [2.05, 4.69) is 41.7 Å². The van der Waals surface area contributed by atoms with Gasteiger partial charge in [-0.3, -0.25) is 4.79 Å². The van der Waals surface area contributed by atoms with E-state index in [1.54, 1.807) is 0 Å². The van der Waals surface area contributed by atoms with Gasteiger partial charge in [-0.1, -0.05) is 30.3 Å². The van der Waals surface area contributed by atoms with Crippen LogP contribution < -0.4 is 5.32 Å². The summed E-state index contributed by atoms with van der Waals surface area (Å²) in [6.45, 7) is 0.459. The molecule has 3 heteroatoms. The molecule has 2 N–H and O–H groups in total. The van der Waals surface area contributed by atoms with E-state index in [4.69, 9.17) is 5.11 Å². The highest BCUT2D eigenvalue weighted by atomic mass is 16.4. The molecule has 19 heavy (non-hydrogen) atoms. The standard InChI is InChI=1S/C16H15NO2/c18-16(19)7-8-17-13-5-6-15-12(10-13)9-11-3-1-2-4-14(11)15/h1-6,10,17H,7-9H2,(H,18,19). The van der Waals surface area contributed by atoms with E-state index < -0.39 is 5.97 Å². The van der Waals surface area contributed by atoms with Crippen LogP contribution in [-0.2, 0) is 11.2 Å². The quantitative estimate of drug-likeness (QED) is 0.751. The van der Waals surface area contributed by atoms with Gasteiger partial charge in [-0.15, -0.1) is 0 Å². The number of anilines is 1. The Balaban J connectivity index is 1.79. The average Bonchev–Trinajstić information content (AvgIpc) is 2.76. The van der Waals surface area contributed by atoms with Gasteiger partial charge in [-0.25, -0.2) is 0 Å². The maximum Gasteiger partial charge on any atom is 0.305 e. The second-order valence-corrected chi connectivity index (χ2v) is 4.78. The minimum absolute atomic E-state index is 0.136. The molecule has 0 unspecified atom stereocenters. The lowest BCUT2D eigenvalue weighted by atomic mass is 10.1. The number of hydrogen-bond acceptors (Lipinski definition) is 2. The van der Waals surface area contributed by atoms with Crippen LogP contribution >= 0.6 is 0 Å². The van der Waals surface area contributed by atoms with Crippen LogP contribution in [-0.4, -0.2) is 17.6 Å². The van der Waals surface area contributed by atoms with Crippen molar-refractivity contribution < 1.29 is 9.90 Å². The van der Waals surface area contributed by atoms with Crippen LogP contribution in [0.5, 0.6) is 0 Å². The van der Waals surface area contributed by atoms with Crippen LogP contribution in [0.4, 0.5) is 5.69 Å². The second-order valence-electron chi connectivity index (χ2n) is 4.78. The minimum Gasteiger partial charge on any atom is -0.481 e. The van der Waals surface area contributed by atoms with Crippen LogP contribution in [0, 0.1) is 0 Å². The Morgan fingerprint density at radius 3 is 2.74 bits per heavy atom. The summed E-state index contributed by atoms with van der Waals surface area (Å²) in [5.74, 6) is -0.777. The lowest BCUT2D eigenvalue weighted by molar-refractivity contribution is -0.136. The van der Waals surface area contributed by atoms with Crippen LogP contribution in [0.2, 0.25) is 0 Å². The van der Waals surface area contributed by atoms with Crippen LogP contribution in [0.1, 0.15) is 17.5 Å². The van der Waals surface area contributed by atoms with Gasteiger partial charge in [-0.2, -0.15) is 0 Å². The molecule has 96 valence electrons. The molecule has 1 aliphatic rings. The average molecular weight is 253 g/mol. The SMILES string of the molecule is O=C(O)CCNc1ccc2c(c1)Cc1ccccc1-2. The predicted molar refractivity (Wildman–Crippen MR) is 75.4 cm³/mol. The Morgan fingerprint density at radius 1 is 1.11 bits per heavy atom. The number of carboxylic acids is 1. The summed E-state index contributed by atoms with van der Waals surface area (Å²) in [6.07, 6.45) is 1.09. The predicted octanol–water partition coefficient (Wildman–Crippen LogP) is 3.14. The normalized spacial score (nSPS) is 11.8. The first kappa shape index (κ1) is 11.8. The van der Waals surface area contributed by atoms with E-state index in [-0.39, 0.29) is 6.42 Å². The van der Waals surface area contributed by atoms with Crippen molar-refractivity contribution in [2.24, 2.45) is 0 Å². The Hall–Kier alpha value is -2.29. The van der Waals surface area contributed by atoms with Gasteiger partial charge in [-0.05, 0) is 40.8 Å². The lowest BCUT2D eigenvalue weighted by Crippen LogP contribution is -2.07. The Kier molecular flexibility index (Phi) is 2.95. The Labute approximate surface area is 111 Å². The molecular formula is C16H15NO2. The van der Waals surface area contributed by atoms with Crippen molar-refractivity contribution in [3.63, 3.8) is 0 Å². The molecule has 3 rings (SSSR count). The third-order valence-electron chi connectivity index (χ3n) is 3.46. The van der Waals surface area contributed by atoms with Crippen molar-refractivity contribution in [1.29, 1.82) is 0 Å². The van der Waals surface area contributed by atoms with Crippen molar-refractivity contribution in [2.75, 3.05) is 11.9 Å². The van der Waals surface area contributed by atoms with E-state index in [1.165, 1.54) is 22.3 Å². The van der Waals surface area contributed by atoms with Crippen LogP contribution in [0.25, 0.3) is 11.1 Å². The van der Waals surface area contributed by atoms with Gasteiger partial charge in [0, 0.05) is 12.2 Å². The zero-order chi connectivity index (χ0) is 13.2. The summed E-state index contributed by atoms with van der Waals surface area (Å²) in [7, 11) is 0. The number of aliphatic carboxylic acids is 1. The van der Waals surface area contributed by atoms with Crippen molar-refractivity contribution in [1.82, 2.24) is 0 Å². The van der Waals surface area contributed by atoms with E-state index in [0.29, 0.717) is 6.54 Å². The Morgan fingerprint density at radius 2 is 1.89 bits per heavy atom. The lowest BCUT2D eigenvalue weighted by Gasteiger charge is -2.07. The molecule has 0 amide bonds. The zero-order valence-corrected chi connectivity index (χ0v) is 10.5. The highest BCUT2D eigenvalue weighted by Crippen LogP contribution is 2.37. The minimum atomic E-state index is -0.777. The van der Waals surface area contributed by atoms with Gasteiger partial charge in [0.2, 0.25) is 0 Å². The van der Waals surface area contributed by atoms with Crippen LogP contribution in [0.3, 0.4) is 0 Å². The van der Waals surface area contributed by atoms with E-state index in [1.807, 2.05) is 6.07 Å². The zero-order valence-electron chi connectivity index (χ0n) is 10.5. The topological polar surface area (TPSA) is 49.3 Å². The van der Waals surface area contributed by atoms with Crippen LogP contribution in [0.15, 0.2) is 42.5 Å². The summed E-state index contributed by atoms with van der Waals surface area (Å²) < 4.78 is 0. The van der Waals surface area contributed by atoms with Crippen molar-refractivity contribution in [3.8, 4) is 11.1 Å². The number of carbonyl (C=O) groups is 1. The number of carboxylic acid groups (broad SMARTS) is 1. The fourth-order valence-corrected chi connectivity index (χ4v) is 2.57. The molecule has 2 aromatic rings. The fourth-order valence-electron chi connectivity index (χ4n) is 2.57.